The number of hydrogen-bond acceptors (Lipinski definition) is 5. The van der Waals surface area contributed by atoms with Crippen molar-refractivity contribution in [2.75, 3.05) is 0 Å². The Kier molecular flexibility index (Phi) is 5.25. The summed E-state index contributed by atoms with van der Waals surface area (Å²) >= 11 is 0. The number of ether oxygens (including phenoxy) is 1. The van der Waals surface area contributed by atoms with Gasteiger partial charge in [-0.1, -0.05) is 6.92 Å². The number of carbonyl (C=O) groups is 2. The third-order valence-electron chi connectivity index (χ3n) is 1.46. The maximum Gasteiger partial charge on any atom is 0.333 e. The van der Waals surface area contributed by atoms with E-state index in [0.717, 1.165) is 0 Å². The highest BCUT2D eigenvalue weighted by molar-refractivity contribution is 5.88. The Bertz CT molecular complexity index is 191. The lowest BCUT2D eigenvalue weighted by Crippen LogP contribution is -2.42. The van der Waals surface area contributed by atoms with E-state index < -0.39 is 24.1 Å². The molecule has 0 aliphatic carbocycles. The van der Waals surface area contributed by atoms with Crippen LogP contribution < -0.4 is 5.73 Å². The Morgan fingerprint density at radius 1 is 1.54 bits per heavy atom. The van der Waals surface area contributed by atoms with Gasteiger partial charge >= 0.3 is 11.9 Å². The van der Waals surface area contributed by atoms with E-state index in [-0.39, 0.29) is 6.42 Å². The predicted molar refractivity (Wildman–Crippen MR) is 45.7 cm³/mol. The normalized spacial score (nSPS) is 14.8. The summed E-state index contributed by atoms with van der Waals surface area (Å²) in [5.74, 6) is -1.49. The number of rotatable bonds is 4. The van der Waals surface area contributed by atoms with Crippen molar-refractivity contribution in [2.45, 2.75) is 38.8 Å². The van der Waals surface area contributed by atoms with Gasteiger partial charge in [-0.3, -0.25) is 4.79 Å². The second-order valence-electron chi connectivity index (χ2n) is 2.81. The summed E-state index contributed by atoms with van der Waals surface area (Å²) in [6.07, 6.45) is -0.226. The Hall–Kier alpha value is -0.940. The van der Waals surface area contributed by atoms with Gasteiger partial charge in [0.25, 0.3) is 0 Å². The van der Waals surface area contributed by atoms with E-state index >= 15 is 0 Å². The summed E-state index contributed by atoms with van der Waals surface area (Å²) in [4.78, 5) is 21.7. The molecule has 0 saturated heterocycles. The van der Waals surface area contributed by atoms with Gasteiger partial charge in [0.05, 0.1) is 6.10 Å². The first kappa shape index (κ1) is 12.1. The molecule has 5 heteroatoms. The zero-order valence-corrected chi connectivity index (χ0v) is 7.82. The molecule has 76 valence electrons. The quantitative estimate of drug-likeness (QED) is 0.462. The minimum absolute atomic E-state index is 0.179. The molecule has 0 aliphatic rings. The van der Waals surface area contributed by atoms with E-state index in [9.17, 15) is 9.59 Å². The van der Waals surface area contributed by atoms with Crippen LogP contribution >= 0.6 is 0 Å². The van der Waals surface area contributed by atoms with Crippen LogP contribution in [0.1, 0.15) is 26.7 Å². The largest absolute Gasteiger partial charge is 0.392 e. The maximum absolute atomic E-state index is 10.9. The van der Waals surface area contributed by atoms with Gasteiger partial charge in [-0.25, -0.2) is 4.79 Å². The van der Waals surface area contributed by atoms with E-state index in [4.69, 9.17) is 10.8 Å². The third kappa shape index (κ3) is 4.59. The van der Waals surface area contributed by atoms with Gasteiger partial charge in [-0.15, -0.1) is 0 Å². The molecular formula is C8H15NO4. The van der Waals surface area contributed by atoms with Crippen LogP contribution in [0.3, 0.4) is 0 Å². The van der Waals surface area contributed by atoms with Gasteiger partial charge in [0.1, 0.15) is 6.04 Å². The minimum Gasteiger partial charge on any atom is -0.392 e. The Morgan fingerprint density at radius 2 is 2.08 bits per heavy atom. The van der Waals surface area contributed by atoms with Crippen molar-refractivity contribution in [3.63, 3.8) is 0 Å². The van der Waals surface area contributed by atoms with Crippen molar-refractivity contribution in [3.05, 3.63) is 0 Å². The topological polar surface area (TPSA) is 89.6 Å². The maximum atomic E-state index is 10.9. The summed E-state index contributed by atoms with van der Waals surface area (Å²) in [5.41, 5.74) is 5.23. The molecule has 2 atom stereocenters. The molecule has 0 heterocycles. The standard InChI is InChI=1S/C8H15NO4/c1-3-4-6(11)13-8(12)7(9)5(2)10/h5,7,10H,3-4,9H2,1-2H3/t5-,7+/m1/s1. The molecule has 0 rings (SSSR count). The van der Waals surface area contributed by atoms with Gasteiger partial charge in [-0.05, 0) is 13.3 Å². The molecule has 0 radical (unpaired) electrons. The Balaban J connectivity index is 3.93. The molecule has 0 aromatic carbocycles. The fourth-order valence-electron chi connectivity index (χ4n) is 0.632. The van der Waals surface area contributed by atoms with Crippen LogP contribution in [0, 0.1) is 0 Å². The molecule has 0 aromatic rings. The van der Waals surface area contributed by atoms with Crippen LogP contribution in [0.15, 0.2) is 0 Å². The van der Waals surface area contributed by atoms with E-state index in [0.29, 0.717) is 6.42 Å². The zero-order valence-electron chi connectivity index (χ0n) is 7.82. The molecule has 0 spiro atoms. The first-order chi connectivity index (χ1) is 5.99. The molecule has 0 amide bonds. The number of aliphatic hydroxyl groups excluding tert-OH is 1. The fourth-order valence-corrected chi connectivity index (χ4v) is 0.632. The molecule has 5 nitrogen and oxygen atoms in total. The number of nitrogens with two attached hydrogens (primary N) is 1. The summed E-state index contributed by atoms with van der Waals surface area (Å²) in [7, 11) is 0. The third-order valence-corrected chi connectivity index (χ3v) is 1.46. The lowest BCUT2D eigenvalue weighted by molar-refractivity contribution is -0.162. The highest BCUT2D eigenvalue weighted by atomic mass is 16.6. The average molecular weight is 189 g/mol. The Labute approximate surface area is 76.9 Å². The van der Waals surface area contributed by atoms with Crippen LogP contribution in [0.2, 0.25) is 0 Å². The van der Waals surface area contributed by atoms with Gasteiger partial charge < -0.3 is 15.6 Å². The molecule has 0 aromatic heterocycles. The number of carbonyl (C=O) groups excluding carboxylic acids is 2. The first-order valence-corrected chi connectivity index (χ1v) is 4.17. The van der Waals surface area contributed by atoms with Gasteiger partial charge in [0, 0.05) is 6.42 Å². The van der Waals surface area contributed by atoms with E-state index in [1.54, 1.807) is 6.92 Å². The van der Waals surface area contributed by atoms with E-state index in [1.807, 2.05) is 0 Å². The SMILES string of the molecule is CCCC(=O)OC(=O)[C@@H](N)[C@@H](C)O. The molecule has 0 fully saturated rings. The van der Waals surface area contributed by atoms with Crippen LogP contribution in [0.25, 0.3) is 0 Å². The number of hydrogen-bond donors (Lipinski definition) is 2. The molecule has 0 saturated carbocycles. The molecule has 13 heavy (non-hydrogen) atoms. The highest BCUT2D eigenvalue weighted by Crippen LogP contribution is 1.96. The lowest BCUT2D eigenvalue weighted by atomic mass is 10.2. The van der Waals surface area contributed by atoms with Crippen molar-refractivity contribution in [1.82, 2.24) is 0 Å². The van der Waals surface area contributed by atoms with Crippen LogP contribution in [-0.2, 0) is 14.3 Å². The summed E-state index contributed by atoms with van der Waals surface area (Å²) in [6.45, 7) is 3.15. The second-order valence-corrected chi connectivity index (χ2v) is 2.81. The predicted octanol–water partition coefficient (Wildman–Crippen LogP) is -0.436. The zero-order chi connectivity index (χ0) is 10.4. The summed E-state index contributed by atoms with van der Waals surface area (Å²) in [5, 5.41) is 8.90. The smallest absolute Gasteiger partial charge is 0.333 e. The van der Waals surface area contributed by atoms with Crippen molar-refractivity contribution < 1.29 is 19.4 Å². The second kappa shape index (κ2) is 5.66. The minimum atomic E-state index is -1.15. The van der Waals surface area contributed by atoms with E-state index in [1.165, 1.54) is 6.92 Å². The molecular weight excluding hydrogens is 174 g/mol. The first-order valence-electron chi connectivity index (χ1n) is 4.17. The van der Waals surface area contributed by atoms with Gasteiger partial charge in [-0.2, -0.15) is 0 Å². The Morgan fingerprint density at radius 3 is 2.46 bits per heavy atom. The fraction of sp³-hybridized carbons (Fsp3) is 0.750. The van der Waals surface area contributed by atoms with Crippen molar-refractivity contribution >= 4 is 11.9 Å². The van der Waals surface area contributed by atoms with Crippen molar-refractivity contribution in [2.24, 2.45) is 5.73 Å². The monoisotopic (exact) mass is 189 g/mol. The van der Waals surface area contributed by atoms with Crippen LogP contribution in [0.5, 0.6) is 0 Å². The molecule has 0 bridgehead atoms. The molecule has 0 aliphatic heterocycles. The van der Waals surface area contributed by atoms with Crippen LogP contribution in [-0.4, -0.2) is 29.2 Å². The molecule has 3 N–H and O–H groups in total. The average Bonchev–Trinajstić information content (AvgIpc) is 2.03. The molecule has 0 unspecified atom stereocenters. The summed E-state index contributed by atoms with van der Waals surface area (Å²) in [6, 6.07) is -1.15. The highest BCUT2D eigenvalue weighted by Gasteiger charge is 2.22. The van der Waals surface area contributed by atoms with Crippen molar-refractivity contribution in [3.8, 4) is 0 Å². The van der Waals surface area contributed by atoms with Gasteiger partial charge in [0.15, 0.2) is 0 Å². The van der Waals surface area contributed by atoms with Crippen LogP contribution in [0.4, 0.5) is 0 Å². The number of esters is 2. The number of aliphatic hydroxyl groups is 1. The lowest BCUT2D eigenvalue weighted by Gasteiger charge is -2.11. The van der Waals surface area contributed by atoms with E-state index in [2.05, 4.69) is 4.74 Å². The van der Waals surface area contributed by atoms with Crippen molar-refractivity contribution in [1.29, 1.82) is 0 Å². The van der Waals surface area contributed by atoms with Gasteiger partial charge in [0.2, 0.25) is 0 Å². The summed E-state index contributed by atoms with van der Waals surface area (Å²) < 4.78 is 4.35.